The Labute approximate surface area is 84.5 Å². The molecule has 1 unspecified atom stereocenters. The fraction of sp³-hybridized carbons (Fsp3) is 0.500. The van der Waals surface area contributed by atoms with Gasteiger partial charge in [0.1, 0.15) is 0 Å². The van der Waals surface area contributed by atoms with E-state index in [4.69, 9.17) is 4.74 Å². The van der Waals surface area contributed by atoms with Crippen molar-refractivity contribution >= 4 is 0 Å². The summed E-state index contributed by atoms with van der Waals surface area (Å²) in [6, 6.07) is 0. The van der Waals surface area contributed by atoms with Gasteiger partial charge in [-0.05, 0) is 12.0 Å². The number of fused-ring (bicyclic) bond motifs is 2. The highest BCUT2D eigenvalue weighted by Gasteiger charge is 2.27. The largest absolute Gasteiger partial charge is 0.373 e. The molecular formula is C12H15NO. The van der Waals surface area contributed by atoms with Gasteiger partial charge in [0.05, 0.1) is 13.2 Å². The molecule has 0 aromatic carbocycles. The van der Waals surface area contributed by atoms with Gasteiger partial charge in [-0.2, -0.15) is 0 Å². The SMILES string of the molecule is C1=CC2=C3COCCN3CCC2C=C1. The van der Waals surface area contributed by atoms with Crippen molar-refractivity contribution in [2.75, 3.05) is 26.3 Å². The van der Waals surface area contributed by atoms with Crippen LogP contribution in [-0.4, -0.2) is 31.2 Å². The summed E-state index contributed by atoms with van der Waals surface area (Å²) in [4.78, 5) is 2.48. The lowest BCUT2D eigenvalue weighted by Gasteiger charge is -2.39. The molecule has 3 rings (SSSR count). The summed E-state index contributed by atoms with van der Waals surface area (Å²) >= 11 is 0. The third kappa shape index (κ3) is 1.22. The molecule has 1 fully saturated rings. The molecule has 1 aliphatic carbocycles. The summed E-state index contributed by atoms with van der Waals surface area (Å²) in [6.07, 6.45) is 10.1. The Kier molecular flexibility index (Phi) is 1.95. The smallest absolute Gasteiger partial charge is 0.0868 e. The van der Waals surface area contributed by atoms with E-state index >= 15 is 0 Å². The van der Waals surface area contributed by atoms with Gasteiger partial charge < -0.3 is 9.64 Å². The Hall–Kier alpha value is -1.02. The second-order valence-electron chi connectivity index (χ2n) is 4.08. The predicted octanol–water partition coefficient (Wildman–Crippen LogP) is 1.72. The molecule has 0 radical (unpaired) electrons. The normalized spacial score (nSPS) is 30.3. The summed E-state index contributed by atoms with van der Waals surface area (Å²) in [5, 5.41) is 0. The predicted molar refractivity (Wildman–Crippen MR) is 55.8 cm³/mol. The van der Waals surface area contributed by atoms with Crippen molar-refractivity contribution in [3.05, 3.63) is 35.6 Å². The summed E-state index contributed by atoms with van der Waals surface area (Å²) in [6.45, 7) is 3.97. The molecule has 0 saturated carbocycles. The van der Waals surface area contributed by atoms with Gasteiger partial charge in [0.2, 0.25) is 0 Å². The number of allylic oxidation sites excluding steroid dienone is 5. The van der Waals surface area contributed by atoms with Gasteiger partial charge in [-0.15, -0.1) is 0 Å². The van der Waals surface area contributed by atoms with Crippen molar-refractivity contribution in [1.82, 2.24) is 4.90 Å². The second-order valence-corrected chi connectivity index (χ2v) is 4.08. The minimum atomic E-state index is 0.646. The Balaban J connectivity index is 2.00. The Morgan fingerprint density at radius 2 is 2.29 bits per heavy atom. The van der Waals surface area contributed by atoms with Crippen LogP contribution >= 0.6 is 0 Å². The first-order valence-electron chi connectivity index (χ1n) is 5.36. The molecule has 0 aromatic rings. The molecule has 1 saturated heterocycles. The maximum absolute atomic E-state index is 5.53. The van der Waals surface area contributed by atoms with Crippen LogP contribution in [0.2, 0.25) is 0 Å². The average molecular weight is 189 g/mol. The first kappa shape index (κ1) is 8.30. The van der Waals surface area contributed by atoms with Gasteiger partial charge in [-0.3, -0.25) is 0 Å². The van der Waals surface area contributed by atoms with E-state index in [1.165, 1.54) is 24.2 Å². The zero-order chi connectivity index (χ0) is 9.38. The lowest BCUT2D eigenvalue weighted by atomic mass is 9.86. The lowest BCUT2D eigenvalue weighted by molar-refractivity contribution is 0.0648. The molecule has 2 nitrogen and oxygen atoms in total. The van der Waals surface area contributed by atoms with Gasteiger partial charge in [0.15, 0.2) is 0 Å². The average Bonchev–Trinajstić information content (AvgIpc) is 2.29. The first-order chi connectivity index (χ1) is 6.95. The quantitative estimate of drug-likeness (QED) is 0.575. The summed E-state index contributed by atoms with van der Waals surface area (Å²) in [5.41, 5.74) is 2.91. The number of hydrogen-bond donors (Lipinski definition) is 0. The van der Waals surface area contributed by atoms with Crippen LogP contribution in [0.15, 0.2) is 35.6 Å². The highest BCUT2D eigenvalue weighted by molar-refractivity contribution is 5.38. The van der Waals surface area contributed by atoms with Gasteiger partial charge in [-0.25, -0.2) is 0 Å². The molecule has 0 amide bonds. The molecule has 2 heterocycles. The van der Waals surface area contributed by atoms with E-state index in [1.807, 2.05) is 0 Å². The standard InChI is InChI=1S/C12H15NO/c1-2-4-11-10(3-1)5-6-13-7-8-14-9-12(11)13/h1-4,10H,5-9H2. The third-order valence-electron chi connectivity index (χ3n) is 3.30. The van der Waals surface area contributed by atoms with Gasteiger partial charge in [0.25, 0.3) is 0 Å². The molecule has 2 heteroatoms. The number of hydrogen-bond acceptors (Lipinski definition) is 2. The van der Waals surface area contributed by atoms with Crippen LogP contribution in [0, 0.1) is 5.92 Å². The fourth-order valence-corrected chi connectivity index (χ4v) is 2.52. The summed E-state index contributed by atoms with van der Waals surface area (Å²) in [7, 11) is 0. The van der Waals surface area contributed by atoms with E-state index in [1.54, 1.807) is 0 Å². The van der Waals surface area contributed by atoms with E-state index < -0.39 is 0 Å². The zero-order valence-electron chi connectivity index (χ0n) is 8.28. The van der Waals surface area contributed by atoms with Crippen LogP contribution in [0.3, 0.4) is 0 Å². The third-order valence-corrected chi connectivity index (χ3v) is 3.30. The lowest BCUT2D eigenvalue weighted by Crippen LogP contribution is -2.40. The summed E-state index contributed by atoms with van der Waals surface area (Å²) < 4.78 is 5.53. The maximum Gasteiger partial charge on any atom is 0.0868 e. The number of rotatable bonds is 0. The van der Waals surface area contributed by atoms with Crippen LogP contribution in [-0.2, 0) is 4.74 Å². The summed E-state index contributed by atoms with van der Waals surface area (Å²) in [5.74, 6) is 0.646. The van der Waals surface area contributed by atoms with Crippen molar-refractivity contribution in [1.29, 1.82) is 0 Å². The van der Waals surface area contributed by atoms with Crippen molar-refractivity contribution in [2.45, 2.75) is 6.42 Å². The molecule has 0 aromatic heterocycles. The highest BCUT2D eigenvalue weighted by atomic mass is 16.5. The minimum absolute atomic E-state index is 0.646. The molecule has 14 heavy (non-hydrogen) atoms. The van der Waals surface area contributed by atoms with Crippen LogP contribution in [0.5, 0.6) is 0 Å². The topological polar surface area (TPSA) is 12.5 Å². The second kappa shape index (κ2) is 3.28. The van der Waals surface area contributed by atoms with Crippen molar-refractivity contribution in [3.8, 4) is 0 Å². The van der Waals surface area contributed by atoms with E-state index in [2.05, 4.69) is 29.2 Å². The van der Waals surface area contributed by atoms with Crippen molar-refractivity contribution in [2.24, 2.45) is 5.92 Å². The van der Waals surface area contributed by atoms with E-state index in [0.29, 0.717) is 5.92 Å². The molecule has 2 aliphatic heterocycles. The van der Waals surface area contributed by atoms with Crippen LogP contribution < -0.4 is 0 Å². The van der Waals surface area contributed by atoms with Crippen LogP contribution in [0.1, 0.15) is 6.42 Å². The maximum atomic E-state index is 5.53. The Morgan fingerprint density at radius 3 is 3.29 bits per heavy atom. The van der Waals surface area contributed by atoms with Crippen LogP contribution in [0.25, 0.3) is 0 Å². The molecule has 0 bridgehead atoms. The minimum Gasteiger partial charge on any atom is -0.373 e. The molecule has 0 spiro atoms. The first-order valence-corrected chi connectivity index (χ1v) is 5.36. The van der Waals surface area contributed by atoms with Gasteiger partial charge >= 0.3 is 0 Å². The Bertz CT molecular complexity index is 327. The fourth-order valence-electron chi connectivity index (χ4n) is 2.52. The highest BCUT2D eigenvalue weighted by Crippen LogP contribution is 2.32. The molecular weight excluding hydrogens is 174 g/mol. The molecule has 3 aliphatic rings. The van der Waals surface area contributed by atoms with Crippen molar-refractivity contribution < 1.29 is 4.74 Å². The number of ether oxygens (including phenoxy) is 1. The van der Waals surface area contributed by atoms with Gasteiger partial charge in [0, 0.05) is 24.7 Å². The molecule has 1 atom stereocenters. The van der Waals surface area contributed by atoms with E-state index in [0.717, 1.165) is 19.8 Å². The number of morpholine rings is 1. The van der Waals surface area contributed by atoms with Crippen molar-refractivity contribution in [3.63, 3.8) is 0 Å². The van der Waals surface area contributed by atoms with Crippen LogP contribution in [0.4, 0.5) is 0 Å². The number of nitrogens with zero attached hydrogens (tertiary/aromatic N) is 1. The van der Waals surface area contributed by atoms with E-state index in [9.17, 15) is 0 Å². The molecule has 74 valence electrons. The monoisotopic (exact) mass is 189 g/mol. The molecule has 0 N–H and O–H groups in total. The van der Waals surface area contributed by atoms with E-state index in [-0.39, 0.29) is 0 Å². The van der Waals surface area contributed by atoms with Gasteiger partial charge in [-0.1, -0.05) is 24.3 Å². The zero-order valence-corrected chi connectivity index (χ0v) is 8.28. The Morgan fingerprint density at radius 1 is 1.29 bits per heavy atom.